The Bertz CT molecular complexity index is 583. The molecular formula is C14H16N2O2. The van der Waals surface area contributed by atoms with Gasteiger partial charge in [0.05, 0.1) is 12.8 Å². The monoisotopic (exact) mass is 244 g/mol. The Hall–Kier alpha value is -2.10. The van der Waals surface area contributed by atoms with Gasteiger partial charge in [-0.2, -0.15) is 0 Å². The molecule has 0 N–H and O–H groups in total. The van der Waals surface area contributed by atoms with Crippen molar-refractivity contribution in [3.05, 3.63) is 47.0 Å². The number of aryl methyl sites for hydroxylation is 2. The molecule has 0 aliphatic carbocycles. The van der Waals surface area contributed by atoms with E-state index >= 15 is 0 Å². The van der Waals surface area contributed by atoms with Gasteiger partial charge in [-0.25, -0.2) is 9.78 Å². The van der Waals surface area contributed by atoms with E-state index in [0.717, 1.165) is 17.2 Å². The van der Waals surface area contributed by atoms with Crippen LogP contribution in [0.25, 0.3) is 5.69 Å². The summed E-state index contributed by atoms with van der Waals surface area (Å²) in [7, 11) is 1.36. The van der Waals surface area contributed by atoms with E-state index in [9.17, 15) is 4.79 Å². The van der Waals surface area contributed by atoms with Gasteiger partial charge in [0.25, 0.3) is 0 Å². The maximum atomic E-state index is 11.6. The molecule has 0 aliphatic heterocycles. The highest BCUT2D eigenvalue weighted by molar-refractivity contribution is 5.88. The molecule has 0 atom stereocenters. The minimum atomic E-state index is -0.401. The molecule has 1 heterocycles. The molecule has 0 bridgehead atoms. The van der Waals surface area contributed by atoms with Crippen molar-refractivity contribution in [3.63, 3.8) is 0 Å². The second-order valence-electron chi connectivity index (χ2n) is 4.26. The smallest absolute Gasteiger partial charge is 0.358 e. The van der Waals surface area contributed by atoms with Crippen molar-refractivity contribution in [1.82, 2.24) is 9.55 Å². The normalized spacial score (nSPS) is 10.4. The lowest BCUT2D eigenvalue weighted by Gasteiger charge is -2.08. The summed E-state index contributed by atoms with van der Waals surface area (Å²) in [6, 6.07) is 8.09. The van der Waals surface area contributed by atoms with Crippen LogP contribution < -0.4 is 0 Å². The Morgan fingerprint density at radius 1 is 1.17 bits per heavy atom. The van der Waals surface area contributed by atoms with Crippen molar-refractivity contribution in [2.24, 2.45) is 0 Å². The summed E-state index contributed by atoms with van der Waals surface area (Å²) in [6.07, 6.45) is 0. The molecule has 4 nitrogen and oxygen atoms in total. The Kier molecular flexibility index (Phi) is 3.19. The lowest BCUT2D eigenvalue weighted by Crippen LogP contribution is -2.05. The summed E-state index contributed by atoms with van der Waals surface area (Å²) in [6.45, 7) is 5.78. The molecule has 4 heteroatoms. The fourth-order valence-corrected chi connectivity index (χ4v) is 2.01. The highest BCUT2D eigenvalue weighted by Crippen LogP contribution is 2.18. The molecule has 0 radical (unpaired) electrons. The van der Waals surface area contributed by atoms with Crippen molar-refractivity contribution in [1.29, 1.82) is 0 Å². The van der Waals surface area contributed by atoms with E-state index < -0.39 is 5.97 Å². The lowest BCUT2D eigenvalue weighted by atomic mass is 10.2. The molecule has 2 aromatic rings. The fraction of sp³-hybridized carbons (Fsp3) is 0.286. The number of carbonyl (C=O) groups excluding carboxylic acids is 1. The number of benzene rings is 1. The quantitative estimate of drug-likeness (QED) is 0.763. The average Bonchev–Trinajstić information content (AvgIpc) is 2.65. The standard InChI is InChI=1S/C14H16N2O2/c1-9-5-7-12(8-6-9)16-10(2)13(14(17)18-4)15-11(16)3/h5-8H,1-4H3. The molecule has 0 unspecified atom stereocenters. The first kappa shape index (κ1) is 12.4. The third-order valence-electron chi connectivity index (χ3n) is 2.95. The zero-order valence-corrected chi connectivity index (χ0v) is 11.0. The Morgan fingerprint density at radius 3 is 2.33 bits per heavy atom. The van der Waals surface area contributed by atoms with Crippen LogP contribution in [0.2, 0.25) is 0 Å². The van der Waals surface area contributed by atoms with Gasteiger partial charge in [-0.1, -0.05) is 17.7 Å². The van der Waals surface area contributed by atoms with Crippen molar-refractivity contribution in [2.75, 3.05) is 7.11 Å². The van der Waals surface area contributed by atoms with Crippen LogP contribution in [0.4, 0.5) is 0 Å². The van der Waals surface area contributed by atoms with Crippen LogP contribution in [0.15, 0.2) is 24.3 Å². The fourth-order valence-electron chi connectivity index (χ4n) is 2.01. The number of nitrogens with zero attached hydrogens (tertiary/aromatic N) is 2. The molecule has 0 spiro atoms. The number of methoxy groups -OCH3 is 1. The van der Waals surface area contributed by atoms with E-state index in [2.05, 4.69) is 4.98 Å². The topological polar surface area (TPSA) is 44.1 Å². The van der Waals surface area contributed by atoms with Crippen molar-refractivity contribution in [2.45, 2.75) is 20.8 Å². The van der Waals surface area contributed by atoms with Gasteiger partial charge in [0.2, 0.25) is 0 Å². The highest BCUT2D eigenvalue weighted by Gasteiger charge is 2.18. The SMILES string of the molecule is COC(=O)c1nc(C)n(-c2ccc(C)cc2)c1C. The van der Waals surface area contributed by atoms with Crippen LogP contribution in [0.5, 0.6) is 0 Å². The average molecular weight is 244 g/mol. The molecule has 18 heavy (non-hydrogen) atoms. The predicted molar refractivity (Wildman–Crippen MR) is 69.1 cm³/mol. The summed E-state index contributed by atoms with van der Waals surface area (Å²) in [5.41, 5.74) is 3.36. The molecule has 0 saturated heterocycles. The number of hydrogen-bond acceptors (Lipinski definition) is 3. The molecule has 1 aromatic carbocycles. The first-order valence-corrected chi connectivity index (χ1v) is 5.76. The van der Waals surface area contributed by atoms with Gasteiger partial charge in [-0.15, -0.1) is 0 Å². The minimum absolute atomic E-state index is 0.371. The third kappa shape index (κ3) is 2.01. The van der Waals surface area contributed by atoms with Gasteiger partial charge in [0, 0.05) is 5.69 Å². The highest BCUT2D eigenvalue weighted by atomic mass is 16.5. The zero-order valence-electron chi connectivity index (χ0n) is 11.0. The summed E-state index contributed by atoms with van der Waals surface area (Å²) in [4.78, 5) is 15.9. The van der Waals surface area contributed by atoms with E-state index in [4.69, 9.17) is 4.74 Å². The second kappa shape index (κ2) is 4.64. The van der Waals surface area contributed by atoms with Gasteiger partial charge in [-0.05, 0) is 32.9 Å². The Morgan fingerprint density at radius 2 is 1.78 bits per heavy atom. The third-order valence-corrected chi connectivity index (χ3v) is 2.95. The molecule has 0 saturated carbocycles. The van der Waals surface area contributed by atoms with Crippen LogP contribution in [-0.4, -0.2) is 22.6 Å². The van der Waals surface area contributed by atoms with Crippen LogP contribution >= 0.6 is 0 Å². The van der Waals surface area contributed by atoms with Crippen LogP contribution in [0, 0.1) is 20.8 Å². The first-order valence-electron chi connectivity index (χ1n) is 5.76. The zero-order chi connectivity index (χ0) is 13.3. The molecule has 1 aromatic heterocycles. The van der Waals surface area contributed by atoms with E-state index in [0.29, 0.717) is 5.69 Å². The van der Waals surface area contributed by atoms with Gasteiger partial charge in [0.15, 0.2) is 5.69 Å². The molecule has 2 rings (SSSR count). The number of ether oxygens (including phenoxy) is 1. The first-order chi connectivity index (χ1) is 8.54. The lowest BCUT2D eigenvalue weighted by molar-refractivity contribution is 0.0593. The number of aromatic nitrogens is 2. The van der Waals surface area contributed by atoms with Crippen molar-refractivity contribution in [3.8, 4) is 5.69 Å². The molecule has 0 fully saturated rings. The van der Waals surface area contributed by atoms with E-state index in [1.54, 1.807) is 0 Å². The predicted octanol–water partition coefficient (Wildman–Crippen LogP) is 2.58. The molecule has 0 aliphatic rings. The Balaban J connectivity index is 2.55. The van der Waals surface area contributed by atoms with Crippen LogP contribution in [0.1, 0.15) is 27.6 Å². The second-order valence-corrected chi connectivity index (χ2v) is 4.26. The van der Waals surface area contributed by atoms with Gasteiger partial charge >= 0.3 is 5.97 Å². The number of hydrogen-bond donors (Lipinski definition) is 0. The van der Waals surface area contributed by atoms with Crippen molar-refractivity contribution >= 4 is 5.97 Å². The van der Waals surface area contributed by atoms with Gasteiger partial charge in [-0.3, -0.25) is 0 Å². The largest absolute Gasteiger partial charge is 0.464 e. The Labute approximate surface area is 106 Å². The van der Waals surface area contributed by atoms with Gasteiger partial charge < -0.3 is 9.30 Å². The number of carbonyl (C=O) groups is 1. The summed E-state index contributed by atoms with van der Waals surface area (Å²) < 4.78 is 6.68. The number of rotatable bonds is 2. The maximum Gasteiger partial charge on any atom is 0.358 e. The number of imidazole rings is 1. The van der Waals surface area contributed by atoms with Crippen LogP contribution in [0.3, 0.4) is 0 Å². The van der Waals surface area contributed by atoms with E-state index in [-0.39, 0.29) is 0 Å². The van der Waals surface area contributed by atoms with E-state index in [1.165, 1.54) is 12.7 Å². The summed E-state index contributed by atoms with van der Waals surface area (Å²) in [5, 5.41) is 0. The molecule has 94 valence electrons. The minimum Gasteiger partial charge on any atom is -0.464 e. The van der Waals surface area contributed by atoms with Crippen LogP contribution in [-0.2, 0) is 4.74 Å². The van der Waals surface area contributed by atoms with Gasteiger partial charge in [0.1, 0.15) is 5.82 Å². The summed E-state index contributed by atoms with van der Waals surface area (Å²) in [5.74, 6) is 0.373. The molecule has 0 amide bonds. The van der Waals surface area contributed by atoms with Crippen molar-refractivity contribution < 1.29 is 9.53 Å². The number of esters is 1. The molecular weight excluding hydrogens is 228 g/mol. The summed E-state index contributed by atoms with van der Waals surface area (Å²) >= 11 is 0. The maximum absolute atomic E-state index is 11.6. The van der Waals surface area contributed by atoms with E-state index in [1.807, 2.05) is 49.6 Å².